The van der Waals surface area contributed by atoms with Crippen molar-refractivity contribution in [2.24, 2.45) is 0 Å². The summed E-state index contributed by atoms with van der Waals surface area (Å²) in [6, 6.07) is 2.92. The fourth-order valence-corrected chi connectivity index (χ4v) is 2.68. The number of imidazole rings is 1. The predicted octanol–water partition coefficient (Wildman–Crippen LogP) is 3.03. The molecule has 0 aliphatic heterocycles. The van der Waals surface area contributed by atoms with Crippen LogP contribution >= 0.6 is 0 Å². The third-order valence-corrected chi connectivity index (χ3v) is 4.30. The standard InChI is InChI=1S/C19H16F6N6O2/c20-18(21,22)3-1-16(32)27-7-11-5-15-30-13(10-31(15)29-8-11)9-28-17(33)14-6-12(2-4-26-14)19(23,24)25/h2,4-6,8,10H,1,3,7,9H2,(H,27,32)(H,28,33). The van der Waals surface area contributed by atoms with Gasteiger partial charge in [0, 0.05) is 19.2 Å². The van der Waals surface area contributed by atoms with Gasteiger partial charge in [-0.25, -0.2) is 9.50 Å². The maximum atomic E-state index is 12.8. The zero-order valence-corrected chi connectivity index (χ0v) is 16.7. The summed E-state index contributed by atoms with van der Waals surface area (Å²) in [6.07, 6.45) is -7.20. The number of nitrogens with zero attached hydrogens (tertiary/aromatic N) is 4. The van der Waals surface area contributed by atoms with Gasteiger partial charge in [-0.15, -0.1) is 0 Å². The Hall–Kier alpha value is -3.71. The van der Waals surface area contributed by atoms with E-state index in [4.69, 9.17) is 0 Å². The van der Waals surface area contributed by atoms with Crippen LogP contribution in [-0.4, -0.2) is 37.6 Å². The van der Waals surface area contributed by atoms with Gasteiger partial charge in [0.1, 0.15) is 5.69 Å². The van der Waals surface area contributed by atoms with Crippen molar-refractivity contribution >= 4 is 17.5 Å². The van der Waals surface area contributed by atoms with Gasteiger partial charge in [-0.1, -0.05) is 0 Å². The monoisotopic (exact) mass is 474 g/mol. The lowest BCUT2D eigenvalue weighted by atomic mass is 10.2. The summed E-state index contributed by atoms with van der Waals surface area (Å²) in [5, 5.41) is 8.83. The minimum absolute atomic E-state index is 0.0552. The predicted molar refractivity (Wildman–Crippen MR) is 101 cm³/mol. The molecule has 8 nitrogen and oxygen atoms in total. The van der Waals surface area contributed by atoms with E-state index in [1.807, 2.05) is 0 Å². The van der Waals surface area contributed by atoms with E-state index in [9.17, 15) is 35.9 Å². The fourth-order valence-electron chi connectivity index (χ4n) is 2.68. The average Bonchev–Trinajstić information content (AvgIpc) is 3.15. The summed E-state index contributed by atoms with van der Waals surface area (Å²) in [7, 11) is 0. The molecule has 14 heteroatoms. The Bertz CT molecular complexity index is 1160. The van der Waals surface area contributed by atoms with Gasteiger partial charge < -0.3 is 10.6 Å². The SMILES string of the molecule is O=C(CCC(F)(F)F)NCc1cnn2cc(CNC(=O)c3cc(C(F)(F)F)ccn3)nc2c1. The first-order chi connectivity index (χ1) is 15.4. The quantitative estimate of drug-likeness (QED) is 0.513. The van der Waals surface area contributed by atoms with E-state index in [0.717, 1.165) is 12.3 Å². The molecule has 2 amide bonds. The van der Waals surface area contributed by atoms with Crippen LogP contribution < -0.4 is 10.6 Å². The van der Waals surface area contributed by atoms with Crippen molar-refractivity contribution in [2.75, 3.05) is 0 Å². The Kier molecular flexibility index (Phi) is 6.84. The Morgan fingerprint density at radius 2 is 1.79 bits per heavy atom. The van der Waals surface area contributed by atoms with Crippen molar-refractivity contribution in [3.63, 3.8) is 0 Å². The highest BCUT2D eigenvalue weighted by atomic mass is 19.4. The molecule has 0 saturated carbocycles. The molecule has 0 aliphatic rings. The van der Waals surface area contributed by atoms with E-state index in [1.54, 1.807) is 0 Å². The normalized spacial score (nSPS) is 12.1. The summed E-state index contributed by atoms with van der Waals surface area (Å²) < 4.78 is 76.1. The second-order valence-electron chi connectivity index (χ2n) is 6.90. The second-order valence-corrected chi connectivity index (χ2v) is 6.90. The Balaban J connectivity index is 1.58. The number of pyridine rings is 1. The summed E-state index contributed by atoms with van der Waals surface area (Å²) in [5.41, 5.74) is -0.252. The van der Waals surface area contributed by atoms with Crippen LogP contribution in [0.5, 0.6) is 0 Å². The van der Waals surface area contributed by atoms with Crippen LogP contribution in [0.2, 0.25) is 0 Å². The number of carbonyl (C=O) groups excluding carboxylic acids is 2. The van der Waals surface area contributed by atoms with E-state index >= 15 is 0 Å². The first-order valence-corrected chi connectivity index (χ1v) is 9.39. The molecule has 0 aromatic carbocycles. The number of carbonyl (C=O) groups is 2. The van der Waals surface area contributed by atoms with Crippen molar-refractivity contribution < 1.29 is 35.9 Å². The van der Waals surface area contributed by atoms with Gasteiger partial charge >= 0.3 is 12.4 Å². The molecular formula is C19H16F6N6O2. The van der Waals surface area contributed by atoms with Gasteiger partial charge in [0.25, 0.3) is 5.91 Å². The molecule has 0 aliphatic carbocycles. The van der Waals surface area contributed by atoms with Crippen molar-refractivity contribution in [3.8, 4) is 0 Å². The molecular weight excluding hydrogens is 458 g/mol. The lowest BCUT2D eigenvalue weighted by Crippen LogP contribution is -2.24. The Labute approximate surface area is 182 Å². The highest BCUT2D eigenvalue weighted by molar-refractivity contribution is 5.92. The minimum atomic E-state index is -4.61. The molecule has 3 aromatic rings. The molecule has 0 radical (unpaired) electrons. The summed E-state index contributed by atoms with van der Waals surface area (Å²) in [4.78, 5) is 31.5. The molecule has 3 heterocycles. The van der Waals surface area contributed by atoms with E-state index in [1.165, 1.54) is 23.0 Å². The molecule has 0 saturated heterocycles. The zero-order chi connectivity index (χ0) is 24.2. The van der Waals surface area contributed by atoms with Gasteiger partial charge in [-0.05, 0) is 23.8 Å². The maximum absolute atomic E-state index is 12.8. The van der Waals surface area contributed by atoms with Crippen LogP contribution in [0.4, 0.5) is 26.3 Å². The molecule has 3 aromatic heterocycles. The largest absolute Gasteiger partial charge is 0.416 e. The molecule has 3 rings (SSSR count). The number of hydrogen-bond donors (Lipinski definition) is 2. The molecule has 0 spiro atoms. The van der Waals surface area contributed by atoms with Crippen molar-refractivity contribution in [1.29, 1.82) is 0 Å². The highest BCUT2D eigenvalue weighted by Crippen LogP contribution is 2.29. The second kappa shape index (κ2) is 9.42. The summed E-state index contributed by atoms with van der Waals surface area (Å²) in [5.74, 6) is -1.59. The lowest BCUT2D eigenvalue weighted by molar-refractivity contribution is -0.144. The van der Waals surface area contributed by atoms with Crippen LogP contribution in [-0.2, 0) is 24.1 Å². The summed E-state index contributed by atoms with van der Waals surface area (Å²) in [6.45, 7) is -0.177. The van der Waals surface area contributed by atoms with Gasteiger partial charge in [-0.3, -0.25) is 14.6 Å². The van der Waals surface area contributed by atoms with E-state index in [-0.39, 0.29) is 13.1 Å². The number of halogens is 6. The smallest absolute Gasteiger partial charge is 0.352 e. The minimum Gasteiger partial charge on any atom is -0.352 e. The number of nitrogens with one attached hydrogen (secondary N) is 2. The third kappa shape index (κ3) is 6.89. The first kappa shape index (κ1) is 23.9. The molecule has 0 unspecified atom stereocenters. The molecule has 33 heavy (non-hydrogen) atoms. The van der Waals surface area contributed by atoms with Crippen LogP contribution in [0.1, 0.15) is 40.2 Å². The molecule has 176 valence electrons. The van der Waals surface area contributed by atoms with Crippen LogP contribution in [0.25, 0.3) is 5.65 Å². The van der Waals surface area contributed by atoms with Crippen LogP contribution in [0, 0.1) is 0 Å². The summed E-state index contributed by atoms with van der Waals surface area (Å²) >= 11 is 0. The van der Waals surface area contributed by atoms with Gasteiger partial charge in [0.2, 0.25) is 5.91 Å². The van der Waals surface area contributed by atoms with Crippen molar-refractivity contribution in [3.05, 3.63) is 59.3 Å². The molecule has 0 bridgehead atoms. The Morgan fingerprint density at radius 1 is 1.03 bits per heavy atom. The molecule has 0 atom stereocenters. The highest BCUT2D eigenvalue weighted by Gasteiger charge is 2.31. The van der Waals surface area contributed by atoms with Crippen LogP contribution in [0.3, 0.4) is 0 Å². The van der Waals surface area contributed by atoms with Crippen molar-refractivity contribution in [2.45, 2.75) is 38.3 Å². The number of amides is 2. The zero-order valence-electron chi connectivity index (χ0n) is 16.7. The maximum Gasteiger partial charge on any atom is 0.416 e. The Morgan fingerprint density at radius 3 is 2.48 bits per heavy atom. The number of hydrogen-bond acceptors (Lipinski definition) is 5. The number of rotatable bonds is 7. The lowest BCUT2D eigenvalue weighted by Gasteiger charge is -2.08. The van der Waals surface area contributed by atoms with Gasteiger partial charge in [-0.2, -0.15) is 31.4 Å². The van der Waals surface area contributed by atoms with Gasteiger partial charge in [0.15, 0.2) is 5.65 Å². The van der Waals surface area contributed by atoms with Crippen molar-refractivity contribution in [1.82, 2.24) is 30.2 Å². The van der Waals surface area contributed by atoms with E-state index < -0.39 is 48.3 Å². The number of aromatic nitrogens is 4. The third-order valence-electron chi connectivity index (χ3n) is 4.30. The van der Waals surface area contributed by atoms with Gasteiger partial charge in [0.05, 0.1) is 36.6 Å². The first-order valence-electron chi connectivity index (χ1n) is 9.39. The average molecular weight is 474 g/mol. The van der Waals surface area contributed by atoms with E-state index in [2.05, 4.69) is 25.7 Å². The van der Waals surface area contributed by atoms with Crippen LogP contribution in [0.15, 0.2) is 36.8 Å². The fraction of sp³-hybridized carbons (Fsp3) is 0.316. The molecule has 0 fully saturated rings. The van der Waals surface area contributed by atoms with E-state index in [0.29, 0.717) is 23.0 Å². The number of fused-ring (bicyclic) bond motifs is 1. The number of alkyl halides is 6. The topological polar surface area (TPSA) is 101 Å². The molecule has 2 N–H and O–H groups in total.